The van der Waals surface area contributed by atoms with Crippen LogP contribution in [0.2, 0.25) is 0 Å². The Morgan fingerprint density at radius 1 is 1.25 bits per heavy atom. The lowest BCUT2D eigenvalue weighted by atomic mass is 10.2. The molecule has 108 valence electrons. The van der Waals surface area contributed by atoms with Crippen molar-refractivity contribution in [3.05, 3.63) is 29.6 Å². The van der Waals surface area contributed by atoms with Crippen LogP contribution in [0.5, 0.6) is 0 Å². The van der Waals surface area contributed by atoms with Gasteiger partial charge < -0.3 is 10.3 Å². The number of hydrogen-bond acceptors (Lipinski definition) is 5. The Morgan fingerprint density at radius 2 is 1.95 bits per heavy atom. The molecular formula is C13H15F2N3OS. The summed E-state index contributed by atoms with van der Waals surface area (Å²) in [6.45, 7) is 6.21. The number of nitrogens with zero attached hydrogens (tertiary/aromatic N) is 2. The van der Waals surface area contributed by atoms with Gasteiger partial charge in [-0.25, -0.2) is 8.78 Å². The largest absolute Gasteiger partial charge is 0.396 e. The van der Waals surface area contributed by atoms with E-state index in [9.17, 15) is 8.78 Å². The van der Waals surface area contributed by atoms with E-state index in [1.165, 1.54) is 0 Å². The van der Waals surface area contributed by atoms with Gasteiger partial charge in [-0.05, 0) is 6.07 Å². The highest BCUT2D eigenvalue weighted by atomic mass is 32.2. The normalized spacial score (nSPS) is 11.8. The van der Waals surface area contributed by atoms with E-state index in [4.69, 9.17) is 10.3 Å². The number of aromatic nitrogens is 2. The fourth-order valence-electron chi connectivity index (χ4n) is 1.43. The molecule has 2 N–H and O–H groups in total. The van der Waals surface area contributed by atoms with Crippen LogP contribution in [0.25, 0.3) is 11.5 Å². The molecule has 0 unspecified atom stereocenters. The molecule has 4 nitrogen and oxygen atoms in total. The van der Waals surface area contributed by atoms with E-state index in [0.717, 1.165) is 6.07 Å². The third kappa shape index (κ3) is 3.47. The van der Waals surface area contributed by atoms with Crippen LogP contribution in [0.15, 0.2) is 16.7 Å². The summed E-state index contributed by atoms with van der Waals surface area (Å²) < 4.78 is 31.8. The van der Waals surface area contributed by atoms with Crippen LogP contribution in [0, 0.1) is 11.6 Å². The van der Waals surface area contributed by atoms with E-state index in [1.54, 1.807) is 11.8 Å². The highest BCUT2D eigenvalue weighted by Gasteiger charge is 2.18. The van der Waals surface area contributed by atoms with Crippen molar-refractivity contribution < 1.29 is 13.3 Å². The van der Waals surface area contributed by atoms with E-state index >= 15 is 0 Å². The topological polar surface area (TPSA) is 64.9 Å². The number of nitrogens with two attached hydrogens (primary N) is 1. The van der Waals surface area contributed by atoms with Crippen LogP contribution in [0.4, 0.5) is 14.5 Å². The van der Waals surface area contributed by atoms with Gasteiger partial charge in [0.2, 0.25) is 0 Å². The molecule has 1 aromatic heterocycles. The van der Waals surface area contributed by atoms with Crippen LogP contribution in [0.1, 0.15) is 26.6 Å². The van der Waals surface area contributed by atoms with Gasteiger partial charge in [0.1, 0.15) is 11.6 Å². The molecule has 0 aliphatic rings. The first-order chi connectivity index (χ1) is 9.26. The highest BCUT2D eigenvalue weighted by Crippen LogP contribution is 2.29. The van der Waals surface area contributed by atoms with Crippen molar-refractivity contribution in [2.24, 2.45) is 0 Å². The molecule has 2 aromatic rings. The smallest absolute Gasteiger partial charge is 0.261 e. The van der Waals surface area contributed by atoms with Gasteiger partial charge in [-0.2, -0.15) is 4.98 Å². The van der Waals surface area contributed by atoms with Crippen LogP contribution in [-0.4, -0.2) is 14.9 Å². The lowest BCUT2D eigenvalue weighted by Crippen LogP contribution is -2.07. The molecule has 20 heavy (non-hydrogen) atoms. The maximum absolute atomic E-state index is 13.7. The fraction of sp³-hybridized carbons (Fsp3) is 0.385. The number of halogens is 2. The van der Waals surface area contributed by atoms with Gasteiger partial charge in [-0.15, -0.1) is 11.8 Å². The number of thioether (sulfide) groups is 1. The summed E-state index contributed by atoms with van der Waals surface area (Å²) in [5, 5.41) is 3.78. The second kappa shape index (κ2) is 5.40. The predicted molar refractivity (Wildman–Crippen MR) is 75.1 cm³/mol. The Morgan fingerprint density at radius 3 is 2.60 bits per heavy atom. The number of nitrogen functional groups attached to an aromatic ring is 1. The minimum atomic E-state index is -0.811. The zero-order valence-electron chi connectivity index (χ0n) is 11.4. The molecule has 7 heteroatoms. The Balaban J connectivity index is 2.23. The first kappa shape index (κ1) is 14.8. The Hall–Kier alpha value is -1.63. The average Bonchev–Trinajstić information content (AvgIpc) is 2.79. The molecule has 1 aromatic carbocycles. The van der Waals surface area contributed by atoms with Gasteiger partial charge in [0, 0.05) is 10.8 Å². The quantitative estimate of drug-likeness (QED) is 0.877. The van der Waals surface area contributed by atoms with Crippen LogP contribution >= 0.6 is 11.8 Å². The number of rotatable bonds is 3. The Kier molecular flexibility index (Phi) is 3.99. The molecule has 0 aliphatic carbocycles. The summed E-state index contributed by atoms with van der Waals surface area (Å²) >= 11 is 1.64. The maximum Gasteiger partial charge on any atom is 0.261 e. The second-order valence-electron chi connectivity index (χ2n) is 5.27. The molecule has 0 atom stereocenters. The van der Waals surface area contributed by atoms with Gasteiger partial charge in [-0.3, -0.25) is 0 Å². The van der Waals surface area contributed by atoms with E-state index < -0.39 is 11.6 Å². The van der Waals surface area contributed by atoms with Gasteiger partial charge >= 0.3 is 0 Å². The first-order valence-corrected chi connectivity index (χ1v) is 6.96. The molecule has 0 fully saturated rings. The van der Waals surface area contributed by atoms with E-state index in [0.29, 0.717) is 17.6 Å². The van der Waals surface area contributed by atoms with Crippen LogP contribution < -0.4 is 5.73 Å². The summed E-state index contributed by atoms with van der Waals surface area (Å²) in [6, 6.07) is 1.86. The number of anilines is 1. The Bertz CT molecular complexity index is 623. The molecule has 0 radical (unpaired) electrons. The van der Waals surface area contributed by atoms with Crippen molar-refractivity contribution in [1.82, 2.24) is 10.1 Å². The fourth-order valence-corrected chi connectivity index (χ4v) is 2.11. The standard InChI is InChI=1S/C13H15F2N3OS/c1-13(2,3)20-6-11-17-12(19-18-11)7-4-10(16)9(15)5-8(7)14/h4-5H,6,16H2,1-3H3. The molecule has 0 amide bonds. The summed E-state index contributed by atoms with van der Waals surface area (Å²) in [5.74, 6) is -0.587. The SMILES string of the molecule is CC(C)(C)SCc1noc(-c2cc(N)c(F)cc2F)n1. The van der Waals surface area contributed by atoms with Gasteiger partial charge in [-0.1, -0.05) is 25.9 Å². The summed E-state index contributed by atoms with van der Waals surface area (Å²) in [4.78, 5) is 4.10. The molecular weight excluding hydrogens is 284 g/mol. The monoisotopic (exact) mass is 299 g/mol. The zero-order valence-corrected chi connectivity index (χ0v) is 12.2. The van der Waals surface area contributed by atoms with E-state index in [2.05, 4.69) is 30.9 Å². The molecule has 1 heterocycles. The number of benzene rings is 1. The van der Waals surface area contributed by atoms with Crippen molar-refractivity contribution in [2.75, 3.05) is 5.73 Å². The zero-order chi connectivity index (χ0) is 14.9. The lowest BCUT2D eigenvalue weighted by molar-refractivity contribution is 0.422. The summed E-state index contributed by atoms with van der Waals surface area (Å²) in [5.41, 5.74) is 5.26. The molecule has 0 spiro atoms. The van der Waals surface area contributed by atoms with Crippen LogP contribution in [-0.2, 0) is 5.75 Å². The van der Waals surface area contributed by atoms with Gasteiger partial charge in [0.25, 0.3) is 5.89 Å². The predicted octanol–water partition coefficient (Wildman–Crippen LogP) is 3.63. The highest BCUT2D eigenvalue weighted by molar-refractivity contribution is 7.99. The molecule has 0 saturated heterocycles. The second-order valence-corrected chi connectivity index (χ2v) is 7.07. The Labute approximate surface area is 119 Å². The van der Waals surface area contributed by atoms with Crippen molar-refractivity contribution in [3.63, 3.8) is 0 Å². The van der Waals surface area contributed by atoms with Gasteiger partial charge in [0.15, 0.2) is 5.82 Å². The first-order valence-electron chi connectivity index (χ1n) is 5.98. The van der Waals surface area contributed by atoms with Gasteiger partial charge in [0.05, 0.1) is 17.0 Å². The van der Waals surface area contributed by atoms with Crippen molar-refractivity contribution in [2.45, 2.75) is 31.3 Å². The average molecular weight is 299 g/mol. The molecule has 2 rings (SSSR count). The summed E-state index contributed by atoms with van der Waals surface area (Å²) in [7, 11) is 0. The molecule has 0 aliphatic heterocycles. The summed E-state index contributed by atoms with van der Waals surface area (Å²) in [6.07, 6.45) is 0. The van der Waals surface area contributed by atoms with E-state index in [-0.39, 0.29) is 21.9 Å². The third-order valence-corrected chi connectivity index (χ3v) is 3.69. The minimum Gasteiger partial charge on any atom is -0.396 e. The van der Waals surface area contributed by atoms with Crippen LogP contribution in [0.3, 0.4) is 0 Å². The third-order valence-electron chi connectivity index (χ3n) is 2.42. The van der Waals surface area contributed by atoms with Crippen molar-refractivity contribution in [3.8, 4) is 11.5 Å². The maximum atomic E-state index is 13.7. The van der Waals surface area contributed by atoms with Crippen molar-refractivity contribution >= 4 is 17.4 Å². The minimum absolute atomic E-state index is 0.00120. The van der Waals surface area contributed by atoms with E-state index in [1.807, 2.05) is 0 Å². The molecule has 0 bridgehead atoms. The number of hydrogen-bond donors (Lipinski definition) is 1. The van der Waals surface area contributed by atoms with Crippen molar-refractivity contribution in [1.29, 1.82) is 0 Å². The molecule has 0 saturated carbocycles. The lowest BCUT2D eigenvalue weighted by Gasteiger charge is -2.15.